The fourth-order valence-electron chi connectivity index (χ4n) is 5.28. The zero-order valence-corrected chi connectivity index (χ0v) is 11.9. The molecule has 18 heavy (non-hydrogen) atoms. The highest BCUT2D eigenvalue weighted by Crippen LogP contribution is 2.62. The van der Waals surface area contributed by atoms with Gasteiger partial charge in [-0.1, -0.05) is 6.42 Å². The molecule has 0 radical (unpaired) electrons. The van der Waals surface area contributed by atoms with Crippen LogP contribution in [0, 0.1) is 30.6 Å². The van der Waals surface area contributed by atoms with E-state index in [0.717, 1.165) is 35.8 Å². The van der Waals surface area contributed by atoms with Crippen molar-refractivity contribution >= 4 is 11.3 Å². The summed E-state index contributed by atoms with van der Waals surface area (Å²) in [6.45, 7) is 2.08. The molecule has 0 amide bonds. The summed E-state index contributed by atoms with van der Waals surface area (Å²) in [5, 5.41) is 3.42. The summed E-state index contributed by atoms with van der Waals surface area (Å²) in [4.78, 5) is 4.63. The number of hydrogen-bond acceptors (Lipinski definition) is 3. The van der Waals surface area contributed by atoms with Gasteiger partial charge in [-0.2, -0.15) is 0 Å². The third-order valence-corrected chi connectivity index (χ3v) is 6.80. The molecule has 1 heterocycles. The Morgan fingerprint density at radius 1 is 1.44 bits per heavy atom. The van der Waals surface area contributed by atoms with Gasteiger partial charge in [0.15, 0.2) is 0 Å². The quantitative estimate of drug-likeness (QED) is 0.889. The van der Waals surface area contributed by atoms with Crippen LogP contribution in [0.4, 0.5) is 0 Å². The Morgan fingerprint density at radius 3 is 3.06 bits per heavy atom. The van der Waals surface area contributed by atoms with Crippen molar-refractivity contribution in [2.24, 2.45) is 29.4 Å². The summed E-state index contributed by atoms with van der Waals surface area (Å²) in [7, 11) is 0. The van der Waals surface area contributed by atoms with Gasteiger partial charge >= 0.3 is 0 Å². The molecule has 2 bridgehead atoms. The monoisotopic (exact) mass is 262 g/mol. The Balaban J connectivity index is 1.58. The lowest BCUT2D eigenvalue weighted by atomic mass is 9.70. The highest BCUT2D eigenvalue weighted by Gasteiger charge is 2.59. The zero-order chi connectivity index (χ0) is 12.3. The molecule has 5 unspecified atom stereocenters. The number of hydrogen-bond donors (Lipinski definition) is 1. The normalized spacial score (nSPS) is 45.7. The van der Waals surface area contributed by atoms with Gasteiger partial charge in [0, 0.05) is 23.0 Å². The maximum absolute atomic E-state index is 6.81. The number of thiazole rings is 1. The van der Waals surface area contributed by atoms with Crippen molar-refractivity contribution in [3.05, 3.63) is 16.1 Å². The highest BCUT2D eigenvalue weighted by molar-refractivity contribution is 7.09. The topological polar surface area (TPSA) is 38.9 Å². The summed E-state index contributed by atoms with van der Waals surface area (Å²) in [5.41, 5.74) is 8.03. The predicted molar refractivity (Wildman–Crippen MR) is 74.5 cm³/mol. The number of aromatic nitrogens is 1. The molecule has 2 nitrogen and oxygen atoms in total. The van der Waals surface area contributed by atoms with Crippen LogP contribution in [0.25, 0.3) is 0 Å². The van der Waals surface area contributed by atoms with E-state index < -0.39 is 0 Å². The van der Waals surface area contributed by atoms with Crippen molar-refractivity contribution in [2.45, 2.75) is 51.0 Å². The Bertz CT molecular complexity index is 469. The average molecular weight is 262 g/mol. The lowest BCUT2D eigenvalue weighted by Crippen LogP contribution is -2.50. The second kappa shape index (κ2) is 3.80. The summed E-state index contributed by atoms with van der Waals surface area (Å²) >= 11 is 1.80. The number of fused-ring (bicyclic) bond motifs is 5. The number of aryl methyl sites for hydroxylation is 1. The molecule has 1 aromatic heterocycles. The molecule has 0 aliphatic heterocycles. The number of rotatable bonds is 2. The lowest BCUT2D eigenvalue weighted by Gasteiger charge is -2.39. The average Bonchev–Trinajstić information content (AvgIpc) is 2.99. The predicted octanol–water partition coefficient (Wildman–Crippen LogP) is 3.15. The van der Waals surface area contributed by atoms with Crippen molar-refractivity contribution in [3.63, 3.8) is 0 Å². The number of nitrogens with two attached hydrogens (primary N) is 1. The first-order chi connectivity index (χ1) is 8.66. The summed E-state index contributed by atoms with van der Waals surface area (Å²) in [5.74, 6) is 3.72. The number of nitrogens with zero attached hydrogens (tertiary/aromatic N) is 1. The van der Waals surface area contributed by atoms with E-state index in [0.29, 0.717) is 0 Å². The Kier molecular flexibility index (Phi) is 2.41. The molecule has 3 aliphatic rings. The van der Waals surface area contributed by atoms with Gasteiger partial charge in [-0.3, -0.25) is 0 Å². The minimum absolute atomic E-state index is 0.0699. The lowest BCUT2D eigenvalue weighted by molar-refractivity contribution is 0.156. The highest BCUT2D eigenvalue weighted by atomic mass is 32.1. The summed E-state index contributed by atoms with van der Waals surface area (Å²) < 4.78 is 0. The molecule has 4 rings (SSSR count). The van der Waals surface area contributed by atoms with E-state index in [9.17, 15) is 0 Å². The molecule has 1 aromatic rings. The molecule has 2 N–H and O–H groups in total. The van der Waals surface area contributed by atoms with E-state index in [1.807, 2.05) is 0 Å². The smallest absolute Gasteiger partial charge is 0.0946 e. The molecule has 3 saturated carbocycles. The van der Waals surface area contributed by atoms with Crippen molar-refractivity contribution in [3.8, 4) is 0 Å². The molecule has 3 heteroatoms. The zero-order valence-electron chi connectivity index (χ0n) is 11.1. The van der Waals surface area contributed by atoms with Crippen LogP contribution in [0.2, 0.25) is 0 Å². The fourth-order valence-corrected chi connectivity index (χ4v) is 6.19. The van der Waals surface area contributed by atoms with Crippen LogP contribution in [-0.2, 0) is 6.42 Å². The third-order valence-electron chi connectivity index (χ3n) is 5.83. The fraction of sp³-hybridized carbons (Fsp3) is 0.800. The molecule has 0 spiro atoms. The van der Waals surface area contributed by atoms with Crippen LogP contribution in [0.5, 0.6) is 0 Å². The maximum Gasteiger partial charge on any atom is 0.0946 e. The van der Waals surface area contributed by atoms with E-state index in [-0.39, 0.29) is 5.54 Å². The van der Waals surface area contributed by atoms with E-state index in [1.165, 1.54) is 37.1 Å². The van der Waals surface area contributed by atoms with Crippen molar-refractivity contribution < 1.29 is 0 Å². The second-order valence-corrected chi connectivity index (χ2v) is 7.80. The Labute approximate surface area is 113 Å². The van der Waals surface area contributed by atoms with Gasteiger partial charge in [-0.05, 0) is 56.3 Å². The van der Waals surface area contributed by atoms with E-state index in [4.69, 9.17) is 5.73 Å². The largest absolute Gasteiger partial charge is 0.324 e. The van der Waals surface area contributed by atoms with Gasteiger partial charge < -0.3 is 5.73 Å². The van der Waals surface area contributed by atoms with Crippen LogP contribution in [0.1, 0.15) is 42.8 Å². The van der Waals surface area contributed by atoms with Crippen LogP contribution >= 0.6 is 11.3 Å². The minimum Gasteiger partial charge on any atom is -0.324 e. The van der Waals surface area contributed by atoms with Gasteiger partial charge in [0.25, 0.3) is 0 Å². The molecular formula is C15H22N2S. The van der Waals surface area contributed by atoms with Gasteiger partial charge in [-0.15, -0.1) is 11.3 Å². The molecule has 0 saturated heterocycles. The summed E-state index contributed by atoms with van der Waals surface area (Å²) in [6.07, 6.45) is 8.08. The van der Waals surface area contributed by atoms with Gasteiger partial charge in [-0.25, -0.2) is 4.98 Å². The first-order valence-electron chi connectivity index (χ1n) is 7.35. The van der Waals surface area contributed by atoms with Gasteiger partial charge in [0.05, 0.1) is 5.01 Å². The van der Waals surface area contributed by atoms with Crippen molar-refractivity contribution in [2.75, 3.05) is 0 Å². The molecule has 0 aromatic carbocycles. The van der Waals surface area contributed by atoms with Crippen molar-refractivity contribution in [1.82, 2.24) is 4.98 Å². The first-order valence-corrected chi connectivity index (χ1v) is 8.23. The third kappa shape index (κ3) is 1.53. The second-order valence-electron chi connectivity index (χ2n) is 6.86. The molecule has 5 atom stereocenters. The minimum atomic E-state index is 0.0699. The van der Waals surface area contributed by atoms with E-state index >= 15 is 0 Å². The first kappa shape index (κ1) is 11.4. The molecule has 98 valence electrons. The van der Waals surface area contributed by atoms with Crippen LogP contribution in [-0.4, -0.2) is 10.5 Å². The van der Waals surface area contributed by atoms with Crippen molar-refractivity contribution in [1.29, 1.82) is 0 Å². The SMILES string of the molecule is Cc1csc(CC2(N)CC3CC2C2CCCC32)n1. The molecule has 3 fully saturated rings. The van der Waals surface area contributed by atoms with Crippen LogP contribution in [0.15, 0.2) is 5.38 Å². The van der Waals surface area contributed by atoms with Crippen LogP contribution in [0.3, 0.4) is 0 Å². The maximum atomic E-state index is 6.81. The van der Waals surface area contributed by atoms with Gasteiger partial charge in [0.1, 0.15) is 0 Å². The Hall–Kier alpha value is -0.410. The van der Waals surface area contributed by atoms with Crippen LogP contribution < -0.4 is 5.73 Å². The van der Waals surface area contributed by atoms with Gasteiger partial charge in [0.2, 0.25) is 0 Å². The standard InChI is InChI=1S/C15H22N2S/c1-9-8-18-14(17-9)7-15(16)6-10-5-13(15)12-4-2-3-11(10)12/h8,10-13H,2-7,16H2,1H3. The van der Waals surface area contributed by atoms with E-state index in [1.54, 1.807) is 11.3 Å². The Morgan fingerprint density at radius 2 is 2.28 bits per heavy atom. The molecular weight excluding hydrogens is 240 g/mol. The van der Waals surface area contributed by atoms with E-state index in [2.05, 4.69) is 17.3 Å². The summed E-state index contributed by atoms with van der Waals surface area (Å²) in [6, 6.07) is 0. The molecule has 3 aliphatic carbocycles.